The van der Waals surface area contributed by atoms with Crippen molar-refractivity contribution in [3.8, 4) is 0 Å². The molecule has 3 rings (SSSR count). The molecular formula is C25H40N4O3S. The quantitative estimate of drug-likeness (QED) is 0.561. The van der Waals surface area contributed by atoms with E-state index in [4.69, 9.17) is 0 Å². The molecule has 8 heteroatoms. The van der Waals surface area contributed by atoms with E-state index in [2.05, 4.69) is 29.1 Å². The third kappa shape index (κ3) is 6.35. The van der Waals surface area contributed by atoms with Crippen LogP contribution in [0.1, 0.15) is 76.3 Å². The van der Waals surface area contributed by atoms with Crippen molar-refractivity contribution in [2.24, 2.45) is 11.3 Å². The Morgan fingerprint density at radius 1 is 1.30 bits per heavy atom. The molecule has 1 saturated carbocycles. The zero-order valence-electron chi connectivity index (χ0n) is 20.7. The number of nitrogens with zero attached hydrogens (tertiary/aromatic N) is 2. The van der Waals surface area contributed by atoms with Crippen LogP contribution < -0.4 is 10.6 Å². The van der Waals surface area contributed by atoms with E-state index in [1.165, 1.54) is 30.3 Å². The van der Waals surface area contributed by atoms with Crippen molar-refractivity contribution in [2.45, 2.75) is 90.8 Å². The predicted molar refractivity (Wildman–Crippen MR) is 132 cm³/mol. The molecule has 184 valence electrons. The maximum absolute atomic E-state index is 13.4. The van der Waals surface area contributed by atoms with E-state index in [1.54, 1.807) is 16.2 Å². The lowest BCUT2D eigenvalue weighted by Gasteiger charge is -2.36. The maximum Gasteiger partial charge on any atom is 0.246 e. The molecule has 2 heterocycles. The lowest BCUT2D eigenvalue weighted by Crippen LogP contribution is -2.56. The van der Waals surface area contributed by atoms with Crippen LogP contribution in [0, 0.1) is 18.3 Å². The first kappa shape index (κ1) is 25.7. The van der Waals surface area contributed by atoms with E-state index in [0.29, 0.717) is 18.3 Å². The fourth-order valence-corrected chi connectivity index (χ4v) is 6.11. The van der Waals surface area contributed by atoms with Crippen molar-refractivity contribution in [3.63, 3.8) is 0 Å². The molecule has 1 aromatic heterocycles. The van der Waals surface area contributed by atoms with Gasteiger partial charge in [0.2, 0.25) is 11.8 Å². The van der Waals surface area contributed by atoms with E-state index in [9.17, 15) is 14.7 Å². The van der Waals surface area contributed by atoms with Gasteiger partial charge < -0.3 is 20.6 Å². The highest BCUT2D eigenvalue weighted by molar-refractivity contribution is 7.09. The van der Waals surface area contributed by atoms with Gasteiger partial charge in [0.05, 0.1) is 23.4 Å². The number of rotatable bonds is 7. The normalized spacial score (nSPS) is 26.7. The number of aliphatic hydroxyl groups is 1. The Labute approximate surface area is 202 Å². The van der Waals surface area contributed by atoms with Gasteiger partial charge in [-0.25, -0.2) is 4.98 Å². The van der Waals surface area contributed by atoms with Gasteiger partial charge in [-0.2, -0.15) is 0 Å². The van der Waals surface area contributed by atoms with Crippen molar-refractivity contribution in [1.29, 1.82) is 0 Å². The molecule has 0 bridgehead atoms. The third-order valence-electron chi connectivity index (χ3n) is 7.04. The van der Waals surface area contributed by atoms with Gasteiger partial charge in [-0.05, 0) is 49.9 Å². The van der Waals surface area contributed by atoms with Gasteiger partial charge in [0.25, 0.3) is 0 Å². The first-order chi connectivity index (χ1) is 15.5. The van der Waals surface area contributed by atoms with Crippen molar-refractivity contribution < 1.29 is 14.7 Å². The minimum Gasteiger partial charge on any atom is -0.391 e. The molecule has 7 nitrogen and oxygen atoms in total. The lowest BCUT2D eigenvalue weighted by molar-refractivity contribution is -0.139. The van der Waals surface area contributed by atoms with Gasteiger partial charge in [0.1, 0.15) is 6.04 Å². The zero-order chi connectivity index (χ0) is 24.3. The average molecular weight is 477 g/mol. The summed E-state index contributed by atoms with van der Waals surface area (Å²) in [4.78, 5) is 32.7. The molecule has 0 unspecified atom stereocenters. The monoisotopic (exact) mass is 476 g/mol. The number of nitrogens with one attached hydrogen (secondary N) is 2. The number of thiazole rings is 1. The number of carbonyl (C=O) groups excluding carboxylic acids is 2. The van der Waals surface area contributed by atoms with E-state index in [-0.39, 0.29) is 24.4 Å². The second kappa shape index (κ2) is 10.6. The highest BCUT2D eigenvalue weighted by Gasteiger charge is 2.42. The third-order valence-corrected chi connectivity index (χ3v) is 8.14. The number of aliphatic hydroxyl groups excluding tert-OH is 1. The topological polar surface area (TPSA) is 94.6 Å². The number of β-amino-alcohol motifs (C(OH)–C–C–N with tert-alkyl or cyclic N) is 1. The molecule has 33 heavy (non-hydrogen) atoms. The number of aromatic nitrogens is 1. The van der Waals surface area contributed by atoms with Crippen molar-refractivity contribution in [2.75, 3.05) is 13.1 Å². The SMILES string of the molecule is C=C(NCC1CCC(c2scnc2C)CC1)[C@@H]1C[C@@H](O)CN1C(=O)[C@@H](NC(C)=O)C(C)(C)C. The summed E-state index contributed by atoms with van der Waals surface area (Å²) in [6.07, 6.45) is 4.55. The van der Waals surface area contributed by atoms with Crippen LogP contribution in [0.25, 0.3) is 0 Å². The minimum atomic E-state index is -0.652. The van der Waals surface area contributed by atoms with E-state index in [1.807, 2.05) is 26.3 Å². The molecule has 1 aliphatic carbocycles. The Balaban J connectivity index is 1.56. The van der Waals surface area contributed by atoms with Gasteiger partial charge >= 0.3 is 0 Å². The van der Waals surface area contributed by atoms with Gasteiger partial charge in [-0.15, -0.1) is 11.3 Å². The molecule has 3 atom stereocenters. The van der Waals surface area contributed by atoms with Crippen LogP contribution in [0.3, 0.4) is 0 Å². The Bertz CT molecular complexity index is 854. The molecule has 1 aliphatic heterocycles. The summed E-state index contributed by atoms with van der Waals surface area (Å²) in [6, 6.07) is -0.927. The summed E-state index contributed by atoms with van der Waals surface area (Å²) < 4.78 is 0. The Hall–Kier alpha value is -1.93. The van der Waals surface area contributed by atoms with Crippen molar-refractivity contribution in [3.05, 3.63) is 28.4 Å². The van der Waals surface area contributed by atoms with Gasteiger partial charge in [0, 0.05) is 37.0 Å². The summed E-state index contributed by atoms with van der Waals surface area (Å²) >= 11 is 1.77. The molecule has 0 aromatic carbocycles. The highest BCUT2D eigenvalue weighted by atomic mass is 32.1. The summed E-state index contributed by atoms with van der Waals surface area (Å²) in [5, 5.41) is 16.6. The molecular weight excluding hydrogens is 436 g/mol. The average Bonchev–Trinajstić information content (AvgIpc) is 3.35. The number of hydrogen-bond acceptors (Lipinski definition) is 6. The summed E-state index contributed by atoms with van der Waals surface area (Å²) in [5.74, 6) is 0.796. The van der Waals surface area contributed by atoms with Gasteiger partial charge in [-0.3, -0.25) is 9.59 Å². The summed E-state index contributed by atoms with van der Waals surface area (Å²) in [5.41, 5.74) is 3.45. The number of hydrogen-bond donors (Lipinski definition) is 3. The molecule has 2 aliphatic rings. The number of carbonyl (C=O) groups is 2. The standard InChI is InChI=1S/C25H40N4O3S/c1-15(26-12-18-7-9-19(10-8-18)22-16(2)27-14-33-22)21-11-20(31)13-29(21)24(32)23(25(4,5)6)28-17(3)30/h14,18-21,23,26,31H,1,7-13H2,2-6H3,(H,28,30)/t18?,19?,20-,21+,23-/m1/s1. The lowest BCUT2D eigenvalue weighted by atomic mass is 9.81. The molecule has 0 spiro atoms. The maximum atomic E-state index is 13.4. The van der Waals surface area contributed by atoms with Crippen LogP contribution >= 0.6 is 11.3 Å². The van der Waals surface area contributed by atoms with Crippen LogP contribution in [0.5, 0.6) is 0 Å². The van der Waals surface area contributed by atoms with Crippen LogP contribution in [0.2, 0.25) is 0 Å². The van der Waals surface area contributed by atoms with Gasteiger partial charge in [0.15, 0.2) is 0 Å². The minimum absolute atomic E-state index is 0.164. The second-order valence-electron chi connectivity index (χ2n) is 10.8. The van der Waals surface area contributed by atoms with Crippen LogP contribution in [-0.4, -0.2) is 58.1 Å². The van der Waals surface area contributed by atoms with Gasteiger partial charge in [-0.1, -0.05) is 27.4 Å². The largest absolute Gasteiger partial charge is 0.391 e. The molecule has 1 saturated heterocycles. The van der Waals surface area contributed by atoms with Crippen molar-refractivity contribution >= 4 is 23.2 Å². The molecule has 0 radical (unpaired) electrons. The summed E-state index contributed by atoms with van der Waals surface area (Å²) in [6.45, 7) is 14.6. The first-order valence-electron chi connectivity index (χ1n) is 12.1. The Morgan fingerprint density at radius 2 is 1.97 bits per heavy atom. The number of likely N-dealkylation sites (tertiary alicyclic amines) is 1. The fraction of sp³-hybridized carbons (Fsp3) is 0.720. The van der Waals surface area contributed by atoms with Crippen LogP contribution in [0.15, 0.2) is 17.8 Å². The van der Waals surface area contributed by atoms with E-state index < -0.39 is 17.6 Å². The smallest absolute Gasteiger partial charge is 0.246 e. The zero-order valence-corrected chi connectivity index (χ0v) is 21.5. The molecule has 3 N–H and O–H groups in total. The summed E-state index contributed by atoms with van der Waals surface area (Å²) in [7, 11) is 0. The molecule has 1 aromatic rings. The second-order valence-corrected chi connectivity index (χ2v) is 11.7. The number of aryl methyl sites for hydroxylation is 1. The van der Waals surface area contributed by atoms with Crippen molar-refractivity contribution in [1.82, 2.24) is 20.5 Å². The van der Waals surface area contributed by atoms with E-state index in [0.717, 1.165) is 25.1 Å². The Kier molecular flexibility index (Phi) is 8.22. The number of amides is 2. The molecule has 2 amide bonds. The predicted octanol–water partition coefficient (Wildman–Crippen LogP) is 3.34. The molecule has 2 fully saturated rings. The fourth-order valence-electron chi connectivity index (χ4n) is 5.13. The first-order valence-corrected chi connectivity index (χ1v) is 12.9. The van der Waals surface area contributed by atoms with Crippen LogP contribution in [-0.2, 0) is 9.59 Å². The van der Waals surface area contributed by atoms with E-state index >= 15 is 0 Å². The Morgan fingerprint density at radius 3 is 2.52 bits per heavy atom. The highest BCUT2D eigenvalue weighted by Crippen LogP contribution is 2.38. The van der Waals surface area contributed by atoms with Crippen LogP contribution in [0.4, 0.5) is 0 Å².